The van der Waals surface area contributed by atoms with Gasteiger partial charge in [0.25, 0.3) is 0 Å². The number of halogens is 1. The van der Waals surface area contributed by atoms with E-state index >= 15 is 0 Å². The topological polar surface area (TPSA) is 60.2 Å². The largest absolute Gasteiger partial charge is 0.299 e. The van der Waals surface area contributed by atoms with E-state index in [1.165, 1.54) is 12.1 Å². The molecule has 0 spiro atoms. The van der Waals surface area contributed by atoms with Crippen LogP contribution in [-0.2, 0) is 4.79 Å². The van der Waals surface area contributed by atoms with Crippen molar-refractivity contribution in [1.82, 2.24) is 0 Å². The summed E-state index contributed by atoms with van der Waals surface area (Å²) in [5.41, 5.74) is 0.679. The SMILES string of the molecule is O=C1CCCC[C@H]1[C@@H](C[N+](=O)[O-])c1ccc(F)cc1. The lowest BCUT2D eigenvalue weighted by molar-refractivity contribution is -0.484. The minimum Gasteiger partial charge on any atom is -0.299 e. The predicted molar refractivity (Wildman–Crippen MR) is 68.0 cm³/mol. The van der Waals surface area contributed by atoms with Crippen LogP contribution in [0.1, 0.15) is 37.2 Å². The lowest BCUT2D eigenvalue weighted by atomic mass is 9.76. The number of ketones is 1. The van der Waals surface area contributed by atoms with Crippen LogP contribution < -0.4 is 0 Å². The van der Waals surface area contributed by atoms with Crippen molar-refractivity contribution in [3.63, 3.8) is 0 Å². The summed E-state index contributed by atoms with van der Waals surface area (Å²) >= 11 is 0. The van der Waals surface area contributed by atoms with E-state index in [1.54, 1.807) is 12.1 Å². The zero-order chi connectivity index (χ0) is 13.8. The molecular weight excluding hydrogens is 249 g/mol. The van der Waals surface area contributed by atoms with Crippen LogP contribution >= 0.6 is 0 Å². The second kappa shape index (κ2) is 5.91. The van der Waals surface area contributed by atoms with Gasteiger partial charge in [0.15, 0.2) is 0 Å². The van der Waals surface area contributed by atoms with E-state index in [-0.39, 0.29) is 24.1 Å². The molecule has 0 aromatic heterocycles. The Morgan fingerprint density at radius 1 is 1.32 bits per heavy atom. The van der Waals surface area contributed by atoms with Gasteiger partial charge >= 0.3 is 0 Å². The van der Waals surface area contributed by atoms with E-state index in [2.05, 4.69) is 0 Å². The van der Waals surface area contributed by atoms with Crippen molar-refractivity contribution in [2.45, 2.75) is 31.6 Å². The van der Waals surface area contributed by atoms with E-state index < -0.39 is 10.8 Å². The molecule has 0 heterocycles. The number of rotatable bonds is 4. The molecule has 1 aromatic rings. The number of benzene rings is 1. The normalized spacial score (nSPS) is 21.1. The first kappa shape index (κ1) is 13.6. The lowest BCUT2D eigenvalue weighted by Crippen LogP contribution is -2.30. The maximum atomic E-state index is 12.9. The molecule has 0 amide bonds. The van der Waals surface area contributed by atoms with Crippen LogP contribution in [-0.4, -0.2) is 17.3 Å². The van der Waals surface area contributed by atoms with Crippen molar-refractivity contribution in [3.8, 4) is 0 Å². The molecule has 102 valence electrons. The molecule has 1 fully saturated rings. The second-order valence-electron chi connectivity index (χ2n) is 4.99. The molecule has 2 atom stereocenters. The van der Waals surface area contributed by atoms with Gasteiger partial charge in [-0.05, 0) is 30.5 Å². The minimum absolute atomic E-state index is 0.0995. The molecule has 1 aliphatic carbocycles. The van der Waals surface area contributed by atoms with E-state index in [1.807, 2.05) is 0 Å². The molecule has 0 N–H and O–H groups in total. The van der Waals surface area contributed by atoms with Crippen molar-refractivity contribution in [3.05, 3.63) is 45.8 Å². The monoisotopic (exact) mass is 265 g/mol. The molecule has 19 heavy (non-hydrogen) atoms. The Labute approximate surface area is 110 Å². The minimum atomic E-state index is -0.441. The van der Waals surface area contributed by atoms with Crippen LogP contribution in [0.4, 0.5) is 4.39 Å². The number of nitrogens with zero attached hydrogens (tertiary/aromatic N) is 1. The van der Waals surface area contributed by atoms with E-state index in [4.69, 9.17) is 0 Å². The second-order valence-corrected chi connectivity index (χ2v) is 4.99. The molecule has 0 saturated heterocycles. The standard InChI is InChI=1S/C14H16FNO3/c15-11-7-5-10(6-8-11)13(9-16(18)19)12-3-1-2-4-14(12)17/h5-8,12-13H,1-4,9H2/t12-,13-/m0/s1. The molecule has 0 unspecified atom stereocenters. The van der Waals surface area contributed by atoms with Crippen molar-refractivity contribution in [2.24, 2.45) is 5.92 Å². The molecule has 2 rings (SSSR count). The third-order valence-electron chi connectivity index (χ3n) is 3.73. The number of Topliss-reactive ketones (excluding diaryl/α,β-unsaturated/α-hetero) is 1. The maximum absolute atomic E-state index is 12.9. The Kier molecular flexibility index (Phi) is 4.24. The third kappa shape index (κ3) is 3.36. The summed E-state index contributed by atoms with van der Waals surface area (Å²) in [6.45, 7) is -0.276. The molecule has 0 aliphatic heterocycles. The van der Waals surface area contributed by atoms with Crippen LogP contribution in [0.2, 0.25) is 0 Å². The van der Waals surface area contributed by atoms with Gasteiger partial charge in [-0.3, -0.25) is 14.9 Å². The first-order valence-corrected chi connectivity index (χ1v) is 6.48. The quantitative estimate of drug-likeness (QED) is 0.621. The molecule has 4 nitrogen and oxygen atoms in total. The number of carbonyl (C=O) groups excluding carboxylic acids is 1. The summed E-state index contributed by atoms with van der Waals surface area (Å²) < 4.78 is 12.9. The highest BCUT2D eigenvalue weighted by atomic mass is 19.1. The molecule has 1 aromatic carbocycles. The average Bonchev–Trinajstić information content (AvgIpc) is 2.38. The van der Waals surface area contributed by atoms with Gasteiger partial charge < -0.3 is 0 Å². The van der Waals surface area contributed by atoms with E-state index in [0.717, 1.165) is 12.8 Å². The van der Waals surface area contributed by atoms with E-state index in [0.29, 0.717) is 18.4 Å². The fourth-order valence-corrected chi connectivity index (χ4v) is 2.77. The zero-order valence-corrected chi connectivity index (χ0v) is 10.5. The number of carbonyl (C=O) groups is 1. The van der Waals surface area contributed by atoms with Gasteiger partial charge in [-0.2, -0.15) is 0 Å². The Balaban J connectivity index is 2.26. The van der Waals surface area contributed by atoms with Gasteiger partial charge in [0, 0.05) is 17.3 Å². The van der Waals surface area contributed by atoms with Crippen molar-refractivity contribution < 1.29 is 14.1 Å². The predicted octanol–water partition coefficient (Wildman–Crippen LogP) is 2.95. The molecule has 1 saturated carbocycles. The van der Waals surface area contributed by atoms with Crippen molar-refractivity contribution in [2.75, 3.05) is 6.54 Å². The van der Waals surface area contributed by atoms with Crippen LogP contribution in [0.5, 0.6) is 0 Å². The zero-order valence-electron chi connectivity index (χ0n) is 10.5. The molecule has 1 aliphatic rings. The lowest BCUT2D eigenvalue weighted by Gasteiger charge is -2.26. The first-order chi connectivity index (χ1) is 9.08. The third-order valence-corrected chi connectivity index (χ3v) is 3.73. The fourth-order valence-electron chi connectivity index (χ4n) is 2.77. The van der Waals surface area contributed by atoms with Gasteiger partial charge in [-0.1, -0.05) is 18.6 Å². The highest BCUT2D eigenvalue weighted by molar-refractivity contribution is 5.82. The number of hydrogen-bond acceptors (Lipinski definition) is 3. The summed E-state index contributed by atoms with van der Waals surface area (Å²) in [4.78, 5) is 22.4. The Morgan fingerprint density at radius 3 is 2.58 bits per heavy atom. The highest BCUT2D eigenvalue weighted by Gasteiger charge is 2.34. The van der Waals surface area contributed by atoms with Crippen LogP contribution in [0, 0.1) is 21.8 Å². The fraction of sp³-hybridized carbons (Fsp3) is 0.500. The summed E-state index contributed by atoms with van der Waals surface area (Å²) in [6, 6.07) is 5.67. The van der Waals surface area contributed by atoms with Gasteiger partial charge in [0.05, 0.1) is 5.92 Å². The van der Waals surface area contributed by atoms with Crippen molar-refractivity contribution >= 4 is 5.78 Å². The first-order valence-electron chi connectivity index (χ1n) is 6.48. The Hall–Kier alpha value is -1.78. The Morgan fingerprint density at radius 2 is 2.00 bits per heavy atom. The molecule has 0 radical (unpaired) electrons. The number of hydrogen-bond donors (Lipinski definition) is 0. The van der Waals surface area contributed by atoms with Crippen LogP contribution in [0.25, 0.3) is 0 Å². The van der Waals surface area contributed by atoms with Gasteiger partial charge in [-0.25, -0.2) is 4.39 Å². The van der Waals surface area contributed by atoms with Gasteiger partial charge in [0.2, 0.25) is 6.54 Å². The van der Waals surface area contributed by atoms with Crippen molar-refractivity contribution in [1.29, 1.82) is 0 Å². The molecule has 0 bridgehead atoms. The summed E-state index contributed by atoms with van der Waals surface area (Å²) in [5, 5.41) is 10.8. The Bertz CT molecular complexity index is 472. The van der Waals surface area contributed by atoms with Crippen LogP contribution in [0.3, 0.4) is 0 Å². The maximum Gasteiger partial charge on any atom is 0.211 e. The van der Waals surface area contributed by atoms with Crippen LogP contribution in [0.15, 0.2) is 24.3 Å². The summed E-state index contributed by atoms with van der Waals surface area (Å²) in [5.74, 6) is -1.02. The van der Waals surface area contributed by atoms with E-state index in [9.17, 15) is 19.3 Å². The average molecular weight is 265 g/mol. The van der Waals surface area contributed by atoms with Gasteiger partial charge in [-0.15, -0.1) is 0 Å². The summed E-state index contributed by atoms with van der Waals surface area (Å²) in [7, 11) is 0. The molecular formula is C14H16FNO3. The smallest absolute Gasteiger partial charge is 0.211 e. The number of nitro groups is 1. The summed E-state index contributed by atoms with van der Waals surface area (Å²) in [6.07, 6.45) is 2.98. The van der Waals surface area contributed by atoms with Gasteiger partial charge in [0.1, 0.15) is 11.6 Å². The molecule has 5 heteroatoms. The highest BCUT2D eigenvalue weighted by Crippen LogP contribution is 2.34.